The SMILES string of the molecule is CCCOc1ccc(C=C(C#N)c2nc(C3CC3)cs2)cc1OCC. The maximum absolute atomic E-state index is 9.54. The van der Waals surface area contributed by atoms with Gasteiger partial charge in [0, 0.05) is 11.3 Å². The third-order valence-corrected chi connectivity index (χ3v) is 4.80. The average Bonchev–Trinajstić information content (AvgIpc) is 3.37. The van der Waals surface area contributed by atoms with E-state index >= 15 is 0 Å². The zero-order valence-electron chi connectivity index (χ0n) is 14.6. The molecule has 1 aromatic heterocycles. The normalized spacial score (nSPS) is 14.2. The fourth-order valence-corrected chi connectivity index (χ4v) is 3.37. The van der Waals surface area contributed by atoms with E-state index in [0.717, 1.165) is 28.4 Å². The van der Waals surface area contributed by atoms with Crippen LogP contribution in [0.25, 0.3) is 11.6 Å². The van der Waals surface area contributed by atoms with Gasteiger partial charge in [0.15, 0.2) is 11.5 Å². The van der Waals surface area contributed by atoms with Crippen molar-refractivity contribution in [3.05, 3.63) is 39.8 Å². The first-order chi connectivity index (χ1) is 12.2. The van der Waals surface area contributed by atoms with E-state index in [2.05, 4.69) is 23.4 Å². The Hall–Kier alpha value is -2.32. The third kappa shape index (κ3) is 4.40. The second kappa shape index (κ2) is 8.17. The first-order valence-electron chi connectivity index (χ1n) is 8.72. The van der Waals surface area contributed by atoms with Crippen molar-refractivity contribution in [3.63, 3.8) is 0 Å². The molecule has 1 aromatic carbocycles. The maximum atomic E-state index is 9.54. The zero-order valence-corrected chi connectivity index (χ0v) is 15.4. The number of nitrogens with zero attached hydrogens (tertiary/aromatic N) is 2. The average molecular weight is 354 g/mol. The van der Waals surface area contributed by atoms with Crippen LogP contribution in [0.3, 0.4) is 0 Å². The monoisotopic (exact) mass is 354 g/mol. The second-order valence-corrected chi connectivity index (χ2v) is 6.87. The number of aromatic nitrogens is 1. The Labute approximate surface area is 152 Å². The molecule has 1 heterocycles. The number of rotatable bonds is 8. The van der Waals surface area contributed by atoms with Gasteiger partial charge in [0.25, 0.3) is 0 Å². The molecule has 0 unspecified atom stereocenters. The van der Waals surface area contributed by atoms with Crippen LogP contribution in [0.15, 0.2) is 23.6 Å². The molecule has 1 aliphatic carbocycles. The smallest absolute Gasteiger partial charge is 0.161 e. The minimum atomic E-state index is 0.567. The minimum absolute atomic E-state index is 0.567. The van der Waals surface area contributed by atoms with E-state index in [0.29, 0.717) is 30.5 Å². The highest BCUT2D eigenvalue weighted by molar-refractivity contribution is 7.11. The predicted octanol–water partition coefficient (Wildman–Crippen LogP) is 5.27. The van der Waals surface area contributed by atoms with Crippen molar-refractivity contribution in [1.82, 2.24) is 4.98 Å². The Balaban J connectivity index is 1.86. The Morgan fingerprint density at radius 3 is 2.84 bits per heavy atom. The molecule has 1 saturated carbocycles. The lowest BCUT2D eigenvalue weighted by molar-refractivity contribution is 0.277. The van der Waals surface area contributed by atoms with Crippen molar-refractivity contribution in [2.45, 2.75) is 39.0 Å². The molecule has 3 rings (SSSR count). The van der Waals surface area contributed by atoms with Gasteiger partial charge in [-0.25, -0.2) is 4.98 Å². The van der Waals surface area contributed by atoms with E-state index in [1.54, 1.807) is 11.3 Å². The zero-order chi connectivity index (χ0) is 17.6. The van der Waals surface area contributed by atoms with Crippen LogP contribution in [0.2, 0.25) is 0 Å². The van der Waals surface area contributed by atoms with E-state index < -0.39 is 0 Å². The number of allylic oxidation sites excluding steroid dienone is 1. The lowest BCUT2D eigenvalue weighted by atomic mass is 10.1. The van der Waals surface area contributed by atoms with Crippen molar-refractivity contribution in [2.24, 2.45) is 0 Å². The highest BCUT2D eigenvalue weighted by Gasteiger charge is 2.26. The van der Waals surface area contributed by atoms with Gasteiger partial charge < -0.3 is 9.47 Å². The van der Waals surface area contributed by atoms with Gasteiger partial charge in [-0.15, -0.1) is 11.3 Å². The summed E-state index contributed by atoms with van der Waals surface area (Å²) in [6, 6.07) is 8.04. The van der Waals surface area contributed by atoms with E-state index in [9.17, 15) is 5.26 Å². The lowest BCUT2D eigenvalue weighted by Crippen LogP contribution is -2.00. The number of ether oxygens (including phenoxy) is 2. The summed E-state index contributed by atoms with van der Waals surface area (Å²) in [5.41, 5.74) is 2.62. The molecule has 130 valence electrons. The van der Waals surface area contributed by atoms with E-state index in [1.807, 2.05) is 31.2 Å². The van der Waals surface area contributed by atoms with Gasteiger partial charge in [-0.2, -0.15) is 5.26 Å². The summed E-state index contributed by atoms with van der Waals surface area (Å²) in [5.74, 6) is 2.05. The molecule has 2 aromatic rings. The van der Waals surface area contributed by atoms with Gasteiger partial charge in [0.05, 0.1) is 24.5 Å². The molecule has 1 aliphatic rings. The molecular weight excluding hydrogens is 332 g/mol. The molecule has 0 radical (unpaired) electrons. The highest BCUT2D eigenvalue weighted by Crippen LogP contribution is 2.41. The summed E-state index contributed by atoms with van der Waals surface area (Å²) >= 11 is 1.54. The highest BCUT2D eigenvalue weighted by atomic mass is 32.1. The molecule has 0 saturated heterocycles. The van der Waals surface area contributed by atoms with Crippen molar-refractivity contribution in [2.75, 3.05) is 13.2 Å². The molecular formula is C20H22N2O2S. The molecule has 5 heteroatoms. The lowest BCUT2D eigenvalue weighted by Gasteiger charge is -2.12. The standard InChI is InChI=1S/C20H22N2O2S/c1-3-9-24-18-8-5-14(11-19(18)23-4-2)10-16(12-21)20-22-17(13-25-20)15-6-7-15/h5,8,10-11,13,15H,3-4,6-7,9H2,1-2H3. The van der Waals surface area contributed by atoms with Gasteiger partial charge in [0.1, 0.15) is 11.1 Å². The number of hydrogen-bond donors (Lipinski definition) is 0. The van der Waals surface area contributed by atoms with Crippen molar-refractivity contribution in [3.8, 4) is 17.6 Å². The van der Waals surface area contributed by atoms with Gasteiger partial charge in [-0.3, -0.25) is 0 Å². The predicted molar refractivity (Wildman–Crippen MR) is 101 cm³/mol. The van der Waals surface area contributed by atoms with Crippen molar-refractivity contribution >= 4 is 23.0 Å². The molecule has 0 spiro atoms. The third-order valence-electron chi connectivity index (χ3n) is 3.91. The fourth-order valence-electron chi connectivity index (χ4n) is 2.50. The van der Waals surface area contributed by atoms with Gasteiger partial charge in [0.2, 0.25) is 0 Å². The molecule has 0 aliphatic heterocycles. The fraction of sp³-hybridized carbons (Fsp3) is 0.400. The first kappa shape index (κ1) is 17.5. The molecule has 1 fully saturated rings. The topological polar surface area (TPSA) is 55.1 Å². The molecule has 0 amide bonds. The van der Waals surface area contributed by atoms with Crippen LogP contribution in [0.4, 0.5) is 0 Å². The Morgan fingerprint density at radius 1 is 1.32 bits per heavy atom. The van der Waals surface area contributed by atoms with Crippen LogP contribution in [0.5, 0.6) is 11.5 Å². The maximum Gasteiger partial charge on any atom is 0.161 e. The Bertz CT molecular complexity index is 800. The molecule has 25 heavy (non-hydrogen) atoms. The Morgan fingerprint density at radius 2 is 2.16 bits per heavy atom. The summed E-state index contributed by atoms with van der Waals surface area (Å²) in [5, 5.41) is 12.4. The summed E-state index contributed by atoms with van der Waals surface area (Å²) < 4.78 is 11.4. The van der Waals surface area contributed by atoms with E-state index in [4.69, 9.17) is 9.47 Å². The molecule has 0 atom stereocenters. The molecule has 0 bridgehead atoms. The second-order valence-electron chi connectivity index (χ2n) is 6.01. The number of thiazole rings is 1. The van der Waals surface area contributed by atoms with Gasteiger partial charge >= 0.3 is 0 Å². The number of nitriles is 1. The van der Waals surface area contributed by atoms with Crippen LogP contribution in [0.1, 0.15) is 55.3 Å². The quantitative estimate of drug-likeness (QED) is 0.606. The summed E-state index contributed by atoms with van der Waals surface area (Å²) in [6.07, 6.45) is 5.23. The van der Waals surface area contributed by atoms with Crippen LogP contribution >= 0.6 is 11.3 Å². The van der Waals surface area contributed by atoms with Gasteiger partial charge in [-0.1, -0.05) is 13.0 Å². The van der Waals surface area contributed by atoms with E-state index in [-0.39, 0.29) is 0 Å². The number of hydrogen-bond acceptors (Lipinski definition) is 5. The largest absolute Gasteiger partial charge is 0.490 e. The summed E-state index contributed by atoms with van der Waals surface area (Å²) in [4.78, 5) is 4.63. The van der Waals surface area contributed by atoms with Crippen LogP contribution in [0, 0.1) is 11.3 Å². The minimum Gasteiger partial charge on any atom is -0.490 e. The molecule has 0 N–H and O–H groups in total. The van der Waals surface area contributed by atoms with Crippen molar-refractivity contribution in [1.29, 1.82) is 5.26 Å². The summed E-state index contributed by atoms with van der Waals surface area (Å²) in [7, 11) is 0. The van der Waals surface area contributed by atoms with Crippen molar-refractivity contribution < 1.29 is 9.47 Å². The number of benzene rings is 1. The first-order valence-corrected chi connectivity index (χ1v) is 9.60. The summed E-state index contributed by atoms with van der Waals surface area (Å²) in [6.45, 7) is 5.24. The molecule has 4 nitrogen and oxygen atoms in total. The van der Waals surface area contributed by atoms with Crippen LogP contribution in [-0.4, -0.2) is 18.2 Å². The Kier molecular flexibility index (Phi) is 5.72. The van der Waals surface area contributed by atoms with E-state index in [1.165, 1.54) is 12.8 Å². The van der Waals surface area contributed by atoms with Gasteiger partial charge in [-0.05, 0) is 50.0 Å². The van der Waals surface area contributed by atoms with Crippen LogP contribution in [-0.2, 0) is 0 Å². The van der Waals surface area contributed by atoms with Crippen LogP contribution < -0.4 is 9.47 Å².